The molecule has 6 heteroatoms. The lowest BCUT2D eigenvalue weighted by Crippen LogP contribution is -1.98. The third kappa shape index (κ3) is 11.3. The lowest BCUT2D eigenvalue weighted by atomic mass is 10.5. The second-order valence-electron chi connectivity index (χ2n) is 1.20. The van der Waals surface area contributed by atoms with Gasteiger partial charge in [-0.1, -0.05) is 0 Å². The fourth-order valence-electron chi connectivity index (χ4n) is 0.187. The van der Waals surface area contributed by atoms with Crippen LogP contribution < -0.4 is 0 Å². The zero-order valence-electron chi connectivity index (χ0n) is 4.44. The topological polar surface area (TPSA) is 71.4 Å². The van der Waals surface area contributed by atoms with E-state index in [4.69, 9.17) is 5.11 Å². The van der Waals surface area contributed by atoms with E-state index < -0.39 is 16.7 Å². The van der Waals surface area contributed by atoms with E-state index in [2.05, 4.69) is 0 Å². The second kappa shape index (κ2) is 5.84. The van der Waals surface area contributed by atoms with Gasteiger partial charge in [-0.25, -0.2) is 8.42 Å². The number of carboxylic acid groups (broad SMARTS) is 1. The Morgan fingerprint density at radius 2 is 1.89 bits per heavy atom. The first kappa shape index (κ1) is 11.5. The van der Waals surface area contributed by atoms with Crippen LogP contribution in [0.15, 0.2) is 0 Å². The number of aliphatic carboxylic acids is 1. The first-order valence-electron chi connectivity index (χ1n) is 1.96. The van der Waals surface area contributed by atoms with E-state index in [1.54, 1.807) is 0 Å². The van der Waals surface area contributed by atoms with Gasteiger partial charge in [-0.05, 0) is 0 Å². The Labute approximate surface area is 60.2 Å². The van der Waals surface area contributed by atoms with Crippen LogP contribution in [0.3, 0.4) is 0 Å². The van der Waals surface area contributed by atoms with Gasteiger partial charge in [0.05, 0.1) is 12.2 Å². The minimum Gasteiger partial charge on any atom is -0.481 e. The Morgan fingerprint density at radius 3 is 2.00 bits per heavy atom. The molecule has 0 aromatic heterocycles. The van der Waals surface area contributed by atoms with Crippen molar-refractivity contribution in [1.29, 1.82) is 0 Å². The number of hydrogen-bond donors (Lipinski definition) is 2. The summed E-state index contributed by atoms with van der Waals surface area (Å²) in [6.45, 7) is 0. The largest absolute Gasteiger partial charge is 0.481 e. The Balaban J connectivity index is 0. The maximum Gasteiger partial charge on any atom is 0.304 e. The lowest BCUT2D eigenvalue weighted by molar-refractivity contribution is -0.136. The highest BCUT2D eigenvalue weighted by molar-refractivity contribution is 7.72. The van der Waals surface area contributed by atoms with Crippen LogP contribution in [-0.2, 0) is 15.5 Å². The zero-order chi connectivity index (χ0) is 6.57. The van der Waals surface area contributed by atoms with Crippen molar-refractivity contribution in [1.82, 2.24) is 0 Å². The van der Waals surface area contributed by atoms with E-state index in [9.17, 15) is 13.2 Å². The predicted octanol–water partition coefficient (Wildman–Crippen LogP) is -0.506. The fraction of sp³-hybridized carbons (Fsp3) is 0.667. The Hall–Kier alpha value is -0.290. The van der Waals surface area contributed by atoms with E-state index >= 15 is 0 Å². The van der Waals surface area contributed by atoms with Crippen molar-refractivity contribution in [2.75, 3.05) is 5.75 Å². The standard InChI is InChI=1S/C3H6O4S.ClH/c4-3(5)1-2-8(6)7;/h8H,1-2H2,(H,4,5);1H. The number of halogens is 1. The summed E-state index contributed by atoms with van der Waals surface area (Å²) in [5, 5.41) is 7.89. The predicted molar refractivity (Wildman–Crippen MR) is 34.7 cm³/mol. The van der Waals surface area contributed by atoms with Crippen LogP contribution in [0, 0.1) is 0 Å². The highest BCUT2D eigenvalue weighted by Crippen LogP contribution is 1.76. The molecule has 56 valence electrons. The summed E-state index contributed by atoms with van der Waals surface area (Å²) in [7, 11) is -2.51. The van der Waals surface area contributed by atoms with Gasteiger partial charge >= 0.3 is 5.97 Å². The Bertz CT molecular complexity index is 144. The molecule has 0 spiro atoms. The number of rotatable bonds is 3. The molecular weight excluding hydrogens is 168 g/mol. The maximum absolute atomic E-state index is 9.68. The van der Waals surface area contributed by atoms with Crippen molar-refractivity contribution >= 4 is 29.1 Å². The van der Waals surface area contributed by atoms with Gasteiger partial charge in [0.15, 0.2) is 0 Å². The molecule has 0 saturated carbocycles. The van der Waals surface area contributed by atoms with Crippen LogP contribution in [-0.4, -0.2) is 25.2 Å². The molecule has 0 aliphatic carbocycles. The molecule has 0 aliphatic heterocycles. The lowest BCUT2D eigenvalue weighted by Gasteiger charge is -1.81. The van der Waals surface area contributed by atoms with Gasteiger partial charge in [0.2, 0.25) is 0 Å². The summed E-state index contributed by atoms with van der Waals surface area (Å²) in [6, 6.07) is 0. The van der Waals surface area contributed by atoms with E-state index in [-0.39, 0.29) is 24.6 Å². The normalized spacial score (nSPS) is 8.56. The monoisotopic (exact) mass is 174 g/mol. The van der Waals surface area contributed by atoms with E-state index in [1.165, 1.54) is 0 Å². The maximum atomic E-state index is 9.68. The third-order valence-electron chi connectivity index (χ3n) is 0.508. The SMILES string of the molecule is Cl.O=C(O)CC[SH](=O)=O. The highest BCUT2D eigenvalue weighted by atomic mass is 35.5. The number of thiol groups is 1. The van der Waals surface area contributed by atoms with Gasteiger partial charge < -0.3 is 5.11 Å². The van der Waals surface area contributed by atoms with Crippen LogP contribution >= 0.6 is 12.4 Å². The molecule has 0 bridgehead atoms. The number of carbonyl (C=O) groups is 1. The van der Waals surface area contributed by atoms with Crippen molar-refractivity contribution in [2.45, 2.75) is 6.42 Å². The molecule has 0 saturated heterocycles. The van der Waals surface area contributed by atoms with Crippen LogP contribution in [0.1, 0.15) is 6.42 Å². The molecule has 0 unspecified atom stereocenters. The van der Waals surface area contributed by atoms with E-state index in [0.29, 0.717) is 0 Å². The Morgan fingerprint density at radius 1 is 1.44 bits per heavy atom. The van der Waals surface area contributed by atoms with Crippen molar-refractivity contribution in [3.05, 3.63) is 0 Å². The van der Waals surface area contributed by atoms with E-state index in [0.717, 1.165) is 0 Å². The molecule has 0 heterocycles. The molecule has 0 aromatic carbocycles. The minimum atomic E-state index is -2.51. The molecule has 0 atom stereocenters. The summed E-state index contributed by atoms with van der Waals surface area (Å²) in [5.74, 6) is -1.34. The molecular formula is C3H7ClO4S. The van der Waals surface area contributed by atoms with Crippen molar-refractivity contribution < 1.29 is 18.3 Å². The molecule has 4 nitrogen and oxygen atoms in total. The summed E-state index contributed by atoms with van der Waals surface area (Å²) in [5.41, 5.74) is 0. The fourth-order valence-corrected chi connectivity index (χ4v) is 0.561. The van der Waals surface area contributed by atoms with Gasteiger partial charge in [-0.2, -0.15) is 0 Å². The quantitative estimate of drug-likeness (QED) is 0.566. The first-order chi connectivity index (χ1) is 3.63. The number of carboxylic acids is 1. The molecule has 9 heavy (non-hydrogen) atoms. The van der Waals surface area contributed by atoms with Gasteiger partial charge in [0, 0.05) is 0 Å². The average Bonchev–Trinajstić information content (AvgIpc) is 1.61. The van der Waals surface area contributed by atoms with Crippen LogP contribution in [0.5, 0.6) is 0 Å². The van der Waals surface area contributed by atoms with Gasteiger partial charge in [0.1, 0.15) is 10.7 Å². The average molecular weight is 175 g/mol. The molecule has 0 amide bonds. The highest BCUT2D eigenvalue weighted by Gasteiger charge is 1.94. The molecule has 0 rings (SSSR count). The molecule has 0 aromatic rings. The van der Waals surface area contributed by atoms with Gasteiger partial charge in [-0.3, -0.25) is 4.79 Å². The van der Waals surface area contributed by atoms with Gasteiger partial charge in [-0.15, -0.1) is 12.4 Å². The van der Waals surface area contributed by atoms with Crippen molar-refractivity contribution in [3.63, 3.8) is 0 Å². The third-order valence-corrected chi connectivity index (χ3v) is 1.10. The minimum absolute atomic E-state index is 0. The summed E-state index contributed by atoms with van der Waals surface area (Å²) < 4.78 is 19.4. The van der Waals surface area contributed by atoms with Gasteiger partial charge in [0.25, 0.3) is 0 Å². The van der Waals surface area contributed by atoms with Crippen molar-refractivity contribution in [2.24, 2.45) is 0 Å². The summed E-state index contributed by atoms with van der Waals surface area (Å²) >= 11 is 0. The smallest absolute Gasteiger partial charge is 0.304 e. The first-order valence-corrected chi connectivity index (χ1v) is 3.33. The molecule has 1 N–H and O–H groups in total. The van der Waals surface area contributed by atoms with Crippen LogP contribution in [0.4, 0.5) is 0 Å². The van der Waals surface area contributed by atoms with Crippen LogP contribution in [0.2, 0.25) is 0 Å². The number of hydrogen-bond acceptors (Lipinski definition) is 3. The molecule has 0 radical (unpaired) electrons. The Kier molecular flexibility index (Phi) is 7.46. The second-order valence-corrected chi connectivity index (χ2v) is 2.31. The molecule has 0 aliphatic rings. The molecule has 0 fully saturated rings. The van der Waals surface area contributed by atoms with E-state index in [1.807, 2.05) is 0 Å². The van der Waals surface area contributed by atoms with Crippen LogP contribution in [0.25, 0.3) is 0 Å². The zero-order valence-corrected chi connectivity index (χ0v) is 6.15. The summed E-state index contributed by atoms with van der Waals surface area (Å²) in [4.78, 5) is 9.64. The van der Waals surface area contributed by atoms with Crippen molar-refractivity contribution in [3.8, 4) is 0 Å². The summed E-state index contributed by atoms with van der Waals surface area (Å²) in [6.07, 6.45) is -0.293.